The van der Waals surface area contributed by atoms with Gasteiger partial charge in [-0.2, -0.15) is 0 Å². The van der Waals surface area contributed by atoms with E-state index >= 15 is 0 Å². The summed E-state index contributed by atoms with van der Waals surface area (Å²) in [5.41, 5.74) is 5.78. The zero-order chi connectivity index (χ0) is 12.3. The molecule has 1 aromatic rings. The fourth-order valence-electron chi connectivity index (χ4n) is 2.00. The molecule has 4 nitrogen and oxygen atoms in total. The van der Waals surface area contributed by atoms with Gasteiger partial charge in [0.05, 0.1) is 0 Å². The van der Waals surface area contributed by atoms with Crippen LogP contribution in [0.3, 0.4) is 0 Å². The zero-order valence-corrected chi connectivity index (χ0v) is 10.0. The summed E-state index contributed by atoms with van der Waals surface area (Å²) in [6, 6.07) is 9.50. The molecule has 0 spiro atoms. The van der Waals surface area contributed by atoms with Crippen molar-refractivity contribution >= 4 is 5.91 Å². The molecule has 1 aliphatic heterocycles. The summed E-state index contributed by atoms with van der Waals surface area (Å²) in [5.74, 6) is 0.735. The molecule has 4 heteroatoms. The molecular formula is C13H18N2O2. The van der Waals surface area contributed by atoms with Crippen LogP contribution in [0, 0.1) is 0 Å². The van der Waals surface area contributed by atoms with Crippen LogP contribution in [0.2, 0.25) is 0 Å². The predicted octanol–water partition coefficient (Wildman–Crippen LogP) is 1.01. The van der Waals surface area contributed by atoms with E-state index in [2.05, 4.69) is 0 Å². The highest BCUT2D eigenvalue weighted by atomic mass is 16.5. The Morgan fingerprint density at radius 2 is 2.18 bits per heavy atom. The third-order valence-corrected chi connectivity index (χ3v) is 2.94. The van der Waals surface area contributed by atoms with E-state index in [1.54, 1.807) is 11.8 Å². The van der Waals surface area contributed by atoms with E-state index in [0.717, 1.165) is 18.7 Å². The Labute approximate surface area is 101 Å². The van der Waals surface area contributed by atoms with Crippen LogP contribution in [-0.4, -0.2) is 36.0 Å². The molecule has 17 heavy (non-hydrogen) atoms. The van der Waals surface area contributed by atoms with Gasteiger partial charge in [0.2, 0.25) is 0 Å². The summed E-state index contributed by atoms with van der Waals surface area (Å²) < 4.78 is 5.59. The van der Waals surface area contributed by atoms with E-state index < -0.39 is 6.10 Å². The van der Waals surface area contributed by atoms with Crippen LogP contribution in [0.25, 0.3) is 0 Å². The van der Waals surface area contributed by atoms with Crippen LogP contribution in [-0.2, 0) is 4.79 Å². The number of benzene rings is 1. The first kappa shape index (κ1) is 11.9. The van der Waals surface area contributed by atoms with Gasteiger partial charge < -0.3 is 15.4 Å². The summed E-state index contributed by atoms with van der Waals surface area (Å²) in [6.07, 6.45) is 0.423. The Balaban J connectivity index is 1.92. The number of likely N-dealkylation sites (tertiary alicyclic amines) is 1. The molecule has 0 radical (unpaired) electrons. The molecule has 0 aliphatic carbocycles. The van der Waals surface area contributed by atoms with Crippen molar-refractivity contribution in [2.75, 3.05) is 13.1 Å². The molecule has 0 aromatic heterocycles. The molecule has 0 bridgehead atoms. The van der Waals surface area contributed by atoms with Crippen LogP contribution in [0.4, 0.5) is 0 Å². The van der Waals surface area contributed by atoms with Crippen molar-refractivity contribution in [2.24, 2.45) is 5.73 Å². The van der Waals surface area contributed by atoms with Crippen molar-refractivity contribution in [3.63, 3.8) is 0 Å². The van der Waals surface area contributed by atoms with Gasteiger partial charge in [0.15, 0.2) is 6.10 Å². The SMILES string of the molecule is CC(Oc1ccccc1)C(=O)N1CC[C@@H](N)C1. The normalized spacial score (nSPS) is 21.3. The van der Waals surface area contributed by atoms with Gasteiger partial charge >= 0.3 is 0 Å². The summed E-state index contributed by atoms with van der Waals surface area (Å²) in [7, 11) is 0. The summed E-state index contributed by atoms with van der Waals surface area (Å²) >= 11 is 0. The van der Waals surface area contributed by atoms with Gasteiger partial charge in [-0.3, -0.25) is 4.79 Å². The van der Waals surface area contributed by atoms with Crippen molar-refractivity contribution in [3.05, 3.63) is 30.3 Å². The molecular weight excluding hydrogens is 216 g/mol. The maximum atomic E-state index is 12.0. The van der Waals surface area contributed by atoms with Gasteiger partial charge in [0.25, 0.3) is 5.91 Å². The quantitative estimate of drug-likeness (QED) is 0.849. The lowest BCUT2D eigenvalue weighted by molar-refractivity contribution is -0.136. The minimum Gasteiger partial charge on any atom is -0.481 e. The molecule has 1 unspecified atom stereocenters. The Morgan fingerprint density at radius 3 is 2.76 bits per heavy atom. The fourth-order valence-corrected chi connectivity index (χ4v) is 2.00. The van der Waals surface area contributed by atoms with Crippen LogP contribution in [0.15, 0.2) is 30.3 Å². The number of nitrogens with two attached hydrogens (primary N) is 1. The van der Waals surface area contributed by atoms with Gasteiger partial charge in [0.1, 0.15) is 5.75 Å². The molecule has 2 N–H and O–H groups in total. The van der Waals surface area contributed by atoms with Crippen molar-refractivity contribution in [2.45, 2.75) is 25.5 Å². The second-order valence-corrected chi connectivity index (χ2v) is 4.41. The van der Waals surface area contributed by atoms with Crippen molar-refractivity contribution < 1.29 is 9.53 Å². The highest BCUT2D eigenvalue weighted by Crippen LogP contribution is 2.14. The van der Waals surface area contributed by atoms with Crippen molar-refractivity contribution in [3.8, 4) is 5.75 Å². The number of rotatable bonds is 3. The number of hydrogen-bond acceptors (Lipinski definition) is 3. The number of carbonyl (C=O) groups is 1. The van der Waals surface area contributed by atoms with Crippen molar-refractivity contribution in [1.29, 1.82) is 0 Å². The molecule has 2 atom stereocenters. The van der Waals surface area contributed by atoms with E-state index in [1.807, 2.05) is 30.3 Å². The molecule has 0 saturated carbocycles. The maximum Gasteiger partial charge on any atom is 0.263 e. The molecule has 2 rings (SSSR count). The largest absolute Gasteiger partial charge is 0.481 e. The first-order valence-corrected chi connectivity index (χ1v) is 5.93. The molecule has 1 heterocycles. The van der Waals surface area contributed by atoms with E-state index in [9.17, 15) is 4.79 Å². The van der Waals surface area contributed by atoms with Crippen LogP contribution in [0.5, 0.6) is 5.75 Å². The van der Waals surface area contributed by atoms with E-state index in [-0.39, 0.29) is 11.9 Å². The number of nitrogens with zero attached hydrogens (tertiary/aromatic N) is 1. The standard InChI is InChI=1S/C13H18N2O2/c1-10(17-12-5-3-2-4-6-12)13(16)15-8-7-11(14)9-15/h2-6,10-11H,7-9,14H2,1H3/t10?,11-/m1/s1. The fraction of sp³-hybridized carbons (Fsp3) is 0.462. The monoisotopic (exact) mass is 234 g/mol. The van der Waals surface area contributed by atoms with Crippen molar-refractivity contribution in [1.82, 2.24) is 4.90 Å². The second kappa shape index (κ2) is 5.19. The highest BCUT2D eigenvalue weighted by molar-refractivity contribution is 5.81. The third-order valence-electron chi connectivity index (χ3n) is 2.94. The average molecular weight is 234 g/mol. The Hall–Kier alpha value is -1.55. The minimum absolute atomic E-state index is 0.0156. The van der Waals surface area contributed by atoms with E-state index in [4.69, 9.17) is 10.5 Å². The Morgan fingerprint density at radius 1 is 1.47 bits per heavy atom. The first-order valence-electron chi connectivity index (χ1n) is 5.93. The molecule has 1 fully saturated rings. The summed E-state index contributed by atoms with van der Waals surface area (Å²) in [5, 5.41) is 0. The van der Waals surface area contributed by atoms with Crippen LogP contribution >= 0.6 is 0 Å². The molecule has 1 aliphatic rings. The highest BCUT2D eigenvalue weighted by Gasteiger charge is 2.27. The van der Waals surface area contributed by atoms with E-state index in [1.165, 1.54) is 0 Å². The topological polar surface area (TPSA) is 55.6 Å². The van der Waals surface area contributed by atoms with Gasteiger partial charge in [-0.25, -0.2) is 0 Å². The summed E-state index contributed by atoms with van der Waals surface area (Å²) in [6.45, 7) is 3.16. The molecule has 1 saturated heterocycles. The van der Waals surface area contributed by atoms with Gasteiger partial charge in [-0.1, -0.05) is 18.2 Å². The number of carbonyl (C=O) groups excluding carboxylic acids is 1. The molecule has 1 aromatic carbocycles. The third kappa shape index (κ3) is 2.97. The van der Waals surface area contributed by atoms with Crippen LogP contribution < -0.4 is 10.5 Å². The predicted molar refractivity (Wildman–Crippen MR) is 65.7 cm³/mol. The smallest absolute Gasteiger partial charge is 0.263 e. The van der Waals surface area contributed by atoms with Gasteiger partial charge in [-0.05, 0) is 25.5 Å². The Kier molecular flexibility index (Phi) is 3.64. The summed E-state index contributed by atoms with van der Waals surface area (Å²) in [4.78, 5) is 13.8. The maximum absolute atomic E-state index is 12.0. The number of para-hydroxylation sites is 1. The number of ether oxygens (including phenoxy) is 1. The number of amides is 1. The molecule has 92 valence electrons. The van der Waals surface area contributed by atoms with E-state index in [0.29, 0.717) is 6.54 Å². The molecule has 1 amide bonds. The minimum atomic E-state index is -0.456. The lowest BCUT2D eigenvalue weighted by atomic mass is 10.3. The first-order chi connectivity index (χ1) is 8.16. The number of hydrogen-bond donors (Lipinski definition) is 1. The zero-order valence-electron chi connectivity index (χ0n) is 10.0. The lowest BCUT2D eigenvalue weighted by Gasteiger charge is -2.21. The second-order valence-electron chi connectivity index (χ2n) is 4.41. The van der Waals surface area contributed by atoms with Crippen LogP contribution in [0.1, 0.15) is 13.3 Å². The Bertz CT molecular complexity index is 380. The van der Waals surface area contributed by atoms with Gasteiger partial charge in [-0.15, -0.1) is 0 Å². The average Bonchev–Trinajstić information content (AvgIpc) is 2.76. The van der Waals surface area contributed by atoms with Gasteiger partial charge in [0, 0.05) is 19.1 Å². The lowest BCUT2D eigenvalue weighted by Crippen LogP contribution is -2.40.